The third-order valence-electron chi connectivity index (χ3n) is 7.04. The Kier molecular flexibility index (Phi) is 6.01. The number of furan rings is 1. The molecule has 9 heteroatoms. The second-order valence-electron chi connectivity index (χ2n) is 9.72. The number of aryl methyl sites for hydroxylation is 2. The van der Waals surface area contributed by atoms with Gasteiger partial charge >= 0.3 is 0 Å². The van der Waals surface area contributed by atoms with Gasteiger partial charge in [-0.25, -0.2) is 4.68 Å². The second kappa shape index (κ2) is 9.87. The van der Waals surface area contributed by atoms with Gasteiger partial charge in [0.15, 0.2) is 5.76 Å². The average molecular weight is 560 g/mol. The van der Waals surface area contributed by atoms with E-state index in [0.29, 0.717) is 27.7 Å². The molecule has 0 unspecified atom stereocenters. The summed E-state index contributed by atoms with van der Waals surface area (Å²) in [4.78, 5) is 18.7. The SMILES string of the molecule is CCOc1ccc(-c2nn(-c3ccccc3)cc2C=c2sc3nc(-c4oc5ccccc5c4C)nn3c2=O)c(C)c1. The number of ether oxygens (including phenoxy) is 1. The lowest BCUT2D eigenvalue weighted by atomic mass is 10.0. The summed E-state index contributed by atoms with van der Waals surface area (Å²) in [5, 5.41) is 10.5. The molecule has 7 rings (SSSR count). The molecule has 3 aromatic carbocycles. The molecule has 4 aromatic heterocycles. The lowest BCUT2D eigenvalue weighted by molar-refractivity contribution is 0.340. The van der Waals surface area contributed by atoms with Crippen molar-refractivity contribution < 1.29 is 9.15 Å². The van der Waals surface area contributed by atoms with Crippen LogP contribution in [0.5, 0.6) is 5.75 Å². The van der Waals surface area contributed by atoms with Crippen molar-refractivity contribution >= 4 is 33.3 Å². The number of rotatable bonds is 6. The van der Waals surface area contributed by atoms with Crippen LogP contribution in [0.25, 0.3) is 50.5 Å². The van der Waals surface area contributed by atoms with Crippen molar-refractivity contribution in [2.45, 2.75) is 20.8 Å². The van der Waals surface area contributed by atoms with Crippen LogP contribution < -0.4 is 14.8 Å². The standard InChI is InChI=1S/C32H25N5O3S/c1-4-39-23-14-15-24(19(2)16-23)28-21(18-36(34-28)22-10-6-5-7-11-22)17-27-31(38)37-32(41-27)33-30(35-37)29-20(3)25-12-8-9-13-26(25)40-29/h5-18H,4H2,1-3H3. The van der Waals surface area contributed by atoms with Crippen molar-refractivity contribution in [1.82, 2.24) is 24.4 Å². The van der Waals surface area contributed by atoms with Gasteiger partial charge in [0.1, 0.15) is 17.0 Å². The Morgan fingerprint density at radius 2 is 1.80 bits per heavy atom. The van der Waals surface area contributed by atoms with Crippen LogP contribution in [-0.4, -0.2) is 31.0 Å². The maximum absolute atomic E-state index is 13.5. The molecule has 8 nitrogen and oxygen atoms in total. The highest BCUT2D eigenvalue weighted by Gasteiger charge is 2.20. The van der Waals surface area contributed by atoms with Crippen LogP contribution in [0.3, 0.4) is 0 Å². The maximum Gasteiger partial charge on any atom is 0.291 e. The number of thiazole rings is 1. The zero-order valence-corrected chi connectivity index (χ0v) is 23.5. The van der Waals surface area contributed by atoms with E-state index in [1.807, 2.05) is 111 Å². The molecular weight excluding hydrogens is 534 g/mol. The van der Waals surface area contributed by atoms with E-state index in [4.69, 9.17) is 14.3 Å². The molecule has 0 saturated heterocycles. The van der Waals surface area contributed by atoms with E-state index in [0.717, 1.165) is 50.4 Å². The summed E-state index contributed by atoms with van der Waals surface area (Å²) in [6.07, 6.45) is 3.81. The zero-order chi connectivity index (χ0) is 28.1. The Morgan fingerprint density at radius 3 is 2.56 bits per heavy atom. The van der Waals surface area contributed by atoms with E-state index >= 15 is 0 Å². The molecule has 0 aliphatic rings. The Hall–Kier alpha value is -5.02. The quantitative estimate of drug-likeness (QED) is 0.249. The van der Waals surface area contributed by atoms with Crippen LogP contribution in [0.1, 0.15) is 23.6 Å². The van der Waals surface area contributed by atoms with Crippen molar-refractivity contribution in [3.8, 4) is 34.3 Å². The Morgan fingerprint density at radius 1 is 1.00 bits per heavy atom. The molecule has 0 aliphatic heterocycles. The number of benzene rings is 3. The highest BCUT2D eigenvalue weighted by molar-refractivity contribution is 7.15. The summed E-state index contributed by atoms with van der Waals surface area (Å²) in [5.41, 5.74) is 5.97. The average Bonchev–Trinajstić information content (AvgIpc) is 3.74. The van der Waals surface area contributed by atoms with E-state index in [1.54, 1.807) is 0 Å². The fourth-order valence-corrected chi connectivity index (χ4v) is 5.93. The first-order valence-corrected chi connectivity index (χ1v) is 14.1. The second-order valence-corrected chi connectivity index (χ2v) is 10.7. The van der Waals surface area contributed by atoms with Crippen molar-refractivity contribution in [1.29, 1.82) is 0 Å². The molecule has 0 saturated carbocycles. The molecule has 0 bridgehead atoms. The smallest absolute Gasteiger partial charge is 0.291 e. The van der Waals surface area contributed by atoms with Crippen LogP contribution in [0.15, 0.2) is 88.2 Å². The van der Waals surface area contributed by atoms with Gasteiger partial charge in [-0.1, -0.05) is 47.7 Å². The predicted octanol–water partition coefficient (Wildman–Crippen LogP) is 5.98. The first-order valence-electron chi connectivity index (χ1n) is 13.3. The number of fused-ring (bicyclic) bond motifs is 2. The van der Waals surface area contributed by atoms with Crippen LogP contribution in [0, 0.1) is 13.8 Å². The van der Waals surface area contributed by atoms with E-state index in [9.17, 15) is 4.79 Å². The monoisotopic (exact) mass is 559 g/mol. The third-order valence-corrected chi connectivity index (χ3v) is 8.00. The first-order chi connectivity index (χ1) is 20.0. The third kappa shape index (κ3) is 4.31. The largest absolute Gasteiger partial charge is 0.494 e. The fourth-order valence-electron chi connectivity index (χ4n) is 5.03. The van der Waals surface area contributed by atoms with Crippen LogP contribution in [-0.2, 0) is 0 Å². The van der Waals surface area contributed by atoms with E-state index in [2.05, 4.69) is 10.1 Å². The number of hydrogen-bond acceptors (Lipinski definition) is 7. The topological polar surface area (TPSA) is 87.4 Å². The summed E-state index contributed by atoms with van der Waals surface area (Å²) in [5.74, 6) is 1.78. The predicted molar refractivity (Wildman–Crippen MR) is 161 cm³/mol. The normalized spacial score (nSPS) is 12.1. The minimum Gasteiger partial charge on any atom is -0.494 e. The fraction of sp³-hybridized carbons (Fsp3) is 0.125. The minimum absolute atomic E-state index is 0.237. The molecule has 4 heterocycles. The van der Waals surface area contributed by atoms with Crippen molar-refractivity contribution in [3.05, 3.63) is 111 Å². The van der Waals surface area contributed by atoms with Gasteiger partial charge in [0.25, 0.3) is 5.56 Å². The minimum atomic E-state index is -0.237. The van der Waals surface area contributed by atoms with Gasteiger partial charge < -0.3 is 9.15 Å². The maximum atomic E-state index is 13.5. The number of para-hydroxylation sites is 2. The molecule has 41 heavy (non-hydrogen) atoms. The van der Waals surface area contributed by atoms with Gasteiger partial charge in [-0.15, -0.1) is 5.10 Å². The van der Waals surface area contributed by atoms with Crippen LogP contribution >= 0.6 is 11.3 Å². The molecule has 0 radical (unpaired) electrons. The Balaban J connectivity index is 1.35. The van der Waals surface area contributed by atoms with Crippen molar-refractivity contribution in [2.75, 3.05) is 6.61 Å². The molecular formula is C32H25N5O3S. The molecule has 7 aromatic rings. The van der Waals surface area contributed by atoms with Gasteiger partial charge in [0.05, 0.1) is 16.8 Å². The van der Waals surface area contributed by atoms with Crippen molar-refractivity contribution in [3.63, 3.8) is 0 Å². The Labute approximate surface area is 238 Å². The molecule has 0 spiro atoms. The molecule has 202 valence electrons. The zero-order valence-electron chi connectivity index (χ0n) is 22.7. The number of nitrogens with zero attached hydrogens (tertiary/aromatic N) is 5. The summed E-state index contributed by atoms with van der Waals surface area (Å²) in [6.45, 7) is 6.57. The summed E-state index contributed by atoms with van der Waals surface area (Å²) in [6, 6.07) is 23.7. The molecule has 0 aliphatic carbocycles. The summed E-state index contributed by atoms with van der Waals surface area (Å²) in [7, 11) is 0. The first kappa shape index (κ1) is 25.0. The van der Waals surface area contributed by atoms with Gasteiger partial charge in [0.2, 0.25) is 10.8 Å². The molecule has 0 N–H and O–H groups in total. The van der Waals surface area contributed by atoms with E-state index < -0.39 is 0 Å². The number of aromatic nitrogens is 5. The lowest BCUT2D eigenvalue weighted by Crippen LogP contribution is -2.23. The molecule has 0 fully saturated rings. The van der Waals surface area contributed by atoms with Gasteiger partial charge in [-0.3, -0.25) is 4.79 Å². The lowest BCUT2D eigenvalue weighted by Gasteiger charge is -2.08. The summed E-state index contributed by atoms with van der Waals surface area (Å²) < 4.78 is 15.4. The van der Waals surface area contributed by atoms with Crippen LogP contribution in [0.4, 0.5) is 0 Å². The Bertz CT molecular complexity index is 2170. The highest BCUT2D eigenvalue weighted by Crippen LogP contribution is 2.32. The molecule has 0 amide bonds. The van der Waals surface area contributed by atoms with Crippen LogP contribution in [0.2, 0.25) is 0 Å². The van der Waals surface area contributed by atoms with E-state index in [-0.39, 0.29) is 5.56 Å². The van der Waals surface area contributed by atoms with Crippen molar-refractivity contribution in [2.24, 2.45) is 0 Å². The highest BCUT2D eigenvalue weighted by atomic mass is 32.1. The summed E-state index contributed by atoms with van der Waals surface area (Å²) >= 11 is 1.29. The van der Waals surface area contributed by atoms with E-state index in [1.165, 1.54) is 15.9 Å². The molecule has 0 atom stereocenters. The number of hydrogen-bond donors (Lipinski definition) is 0. The van der Waals surface area contributed by atoms with Gasteiger partial charge in [-0.2, -0.15) is 14.6 Å². The van der Waals surface area contributed by atoms with Gasteiger partial charge in [0, 0.05) is 28.3 Å². The van der Waals surface area contributed by atoms with Gasteiger partial charge in [-0.05, 0) is 68.8 Å².